The number of para-hydroxylation sites is 2. The largest absolute Gasteiger partial charge is 0.475 e. The van der Waals surface area contributed by atoms with Gasteiger partial charge in [0.25, 0.3) is 0 Å². The molecule has 96 valence electrons. The molecule has 1 heterocycles. The highest BCUT2D eigenvalue weighted by Gasteiger charge is 2.14. The van der Waals surface area contributed by atoms with Crippen molar-refractivity contribution in [3.05, 3.63) is 59.7 Å². The van der Waals surface area contributed by atoms with E-state index in [1.54, 1.807) is 0 Å². The Labute approximate surface area is 113 Å². The van der Waals surface area contributed by atoms with Crippen molar-refractivity contribution in [2.45, 2.75) is 6.92 Å². The molecule has 1 N–H and O–H groups in total. The average molecular weight is 252 g/mol. The Balaban J connectivity index is 1.95. The number of hydrogen-bond donors (Lipinski definition) is 1. The monoisotopic (exact) mass is 252 g/mol. The fourth-order valence-electron chi connectivity index (χ4n) is 2.13. The highest BCUT2D eigenvalue weighted by molar-refractivity contribution is 6.00. The number of nitrogens with one attached hydrogen (secondary N) is 1. The van der Waals surface area contributed by atoms with Crippen LogP contribution in [0.3, 0.4) is 0 Å². The van der Waals surface area contributed by atoms with Crippen LogP contribution in [0.5, 0.6) is 0 Å². The molecular formula is C16H16N2O. The van der Waals surface area contributed by atoms with Gasteiger partial charge >= 0.3 is 0 Å². The number of benzene rings is 2. The first kappa shape index (κ1) is 11.8. The minimum atomic E-state index is 0.675. The first-order valence-corrected chi connectivity index (χ1v) is 6.44. The number of aryl methyl sites for hydroxylation is 1. The van der Waals surface area contributed by atoms with Crippen LogP contribution in [0.25, 0.3) is 0 Å². The summed E-state index contributed by atoms with van der Waals surface area (Å²) in [4.78, 5) is 4.39. The molecule has 19 heavy (non-hydrogen) atoms. The summed E-state index contributed by atoms with van der Waals surface area (Å²) >= 11 is 0. The quantitative estimate of drug-likeness (QED) is 0.906. The van der Waals surface area contributed by atoms with Crippen LogP contribution in [0.1, 0.15) is 11.1 Å². The van der Waals surface area contributed by atoms with E-state index in [-0.39, 0.29) is 0 Å². The predicted octanol–water partition coefficient (Wildman–Crippen LogP) is 3.52. The minimum absolute atomic E-state index is 0.675. The molecule has 1 aliphatic rings. The first-order chi connectivity index (χ1) is 9.34. The number of hydrogen-bond acceptors (Lipinski definition) is 3. The van der Waals surface area contributed by atoms with E-state index in [0.29, 0.717) is 6.61 Å². The first-order valence-electron chi connectivity index (χ1n) is 6.44. The molecule has 2 aromatic carbocycles. The molecule has 0 bridgehead atoms. The van der Waals surface area contributed by atoms with E-state index in [1.165, 1.54) is 5.56 Å². The molecule has 0 atom stereocenters. The van der Waals surface area contributed by atoms with Gasteiger partial charge in [-0.15, -0.1) is 0 Å². The molecule has 0 aliphatic carbocycles. The highest BCUT2D eigenvalue weighted by Crippen LogP contribution is 2.24. The molecule has 2 aromatic rings. The zero-order valence-electron chi connectivity index (χ0n) is 10.9. The van der Waals surface area contributed by atoms with Crippen molar-refractivity contribution >= 4 is 17.3 Å². The molecule has 3 heteroatoms. The zero-order valence-corrected chi connectivity index (χ0v) is 10.9. The molecule has 3 nitrogen and oxygen atoms in total. The third-order valence-corrected chi connectivity index (χ3v) is 3.16. The Bertz CT molecular complexity index is 620. The number of nitrogens with zero attached hydrogens (tertiary/aromatic N) is 1. The second-order valence-corrected chi connectivity index (χ2v) is 4.52. The van der Waals surface area contributed by atoms with Crippen molar-refractivity contribution in [3.63, 3.8) is 0 Å². The zero-order chi connectivity index (χ0) is 13.1. The Hall–Kier alpha value is -2.29. The maximum Gasteiger partial charge on any atom is 0.218 e. The van der Waals surface area contributed by atoms with Gasteiger partial charge < -0.3 is 10.1 Å². The van der Waals surface area contributed by atoms with Crippen molar-refractivity contribution in [1.82, 2.24) is 0 Å². The number of ether oxygens (including phenoxy) is 1. The second-order valence-electron chi connectivity index (χ2n) is 4.52. The third kappa shape index (κ3) is 2.45. The molecule has 0 saturated heterocycles. The van der Waals surface area contributed by atoms with Crippen molar-refractivity contribution in [3.8, 4) is 0 Å². The molecule has 0 aromatic heterocycles. The Kier molecular flexibility index (Phi) is 3.19. The SMILES string of the molecule is Cc1ccccc1Nc1ccccc1C1=NCCO1. The highest BCUT2D eigenvalue weighted by atomic mass is 16.5. The summed E-state index contributed by atoms with van der Waals surface area (Å²) in [7, 11) is 0. The number of anilines is 2. The van der Waals surface area contributed by atoms with Crippen LogP contribution in [-0.4, -0.2) is 19.0 Å². The molecule has 0 radical (unpaired) electrons. The van der Waals surface area contributed by atoms with E-state index in [1.807, 2.05) is 36.4 Å². The maximum absolute atomic E-state index is 5.56. The topological polar surface area (TPSA) is 33.6 Å². The summed E-state index contributed by atoms with van der Waals surface area (Å²) in [5.74, 6) is 0.733. The molecule has 0 unspecified atom stereocenters. The van der Waals surface area contributed by atoms with Gasteiger partial charge in [0.05, 0.1) is 17.8 Å². The standard InChI is InChI=1S/C16H16N2O/c1-12-6-2-4-8-14(12)18-15-9-5-3-7-13(15)16-17-10-11-19-16/h2-9,18H,10-11H2,1H3. The van der Waals surface area contributed by atoms with Crippen LogP contribution < -0.4 is 5.32 Å². The van der Waals surface area contributed by atoms with Gasteiger partial charge in [-0.25, -0.2) is 4.99 Å². The van der Waals surface area contributed by atoms with E-state index in [9.17, 15) is 0 Å². The van der Waals surface area contributed by atoms with Gasteiger partial charge in [0.1, 0.15) is 6.61 Å². The lowest BCUT2D eigenvalue weighted by Crippen LogP contribution is -2.05. The van der Waals surface area contributed by atoms with Crippen molar-refractivity contribution in [1.29, 1.82) is 0 Å². The molecule has 0 amide bonds. The summed E-state index contributed by atoms with van der Waals surface area (Å²) in [5.41, 5.74) is 4.36. The third-order valence-electron chi connectivity index (χ3n) is 3.16. The fourth-order valence-corrected chi connectivity index (χ4v) is 2.13. The summed E-state index contributed by atoms with van der Waals surface area (Å²) in [6, 6.07) is 16.3. The Morgan fingerprint density at radius 3 is 2.47 bits per heavy atom. The summed E-state index contributed by atoms with van der Waals surface area (Å²) in [5, 5.41) is 3.46. The lowest BCUT2D eigenvalue weighted by atomic mass is 10.1. The Morgan fingerprint density at radius 2 is 1.74 bits per heavy atom. The lowest BCUT2D eigenvalue weighted by molar-refractivity contribution is 0.348. The van der Waals surface area contributed by atoms with Gasteiger partial charge in [-0.1, -0.05) is 30.3 Å². The summed E-state index contributed by atoms with van der Waals surface area (Å²) < 4.78 is 5.56. The molecule has 1 aliphatic heterocycles. The van der Waals surface area contributed by atoms with Gasteiger partial charge in [-0.3, -0.25) is 0 Å². The van der Waals surface area contributed by atoms with E-state index in [0.717, 1.165) is 29.4 Å². The molecular weight excluding hydrogens is 236 g/mol. The van der Waals surface area contributed by atoms with Crippen LogP contribution in [0.15, 0.2) is 53.5 Å². The van der Waals surface area contributed by atoms with Crippen LogP contribution in [0.4, 0.5) is 11.4 Å². The number of rotatable bonds is 3. The van der Waals surface area contributed by atoms with Crippen LogP contribution in [-0.2, 0) is 4.74 Å². The minimum Gasteiger partial charge on any atom is -0.475 e. The molecule has 3 rings (SSSR count). The van der Waals surface area contributed by atoms with Gasteiger partial charge in [0.2, 0.25) is 5.90 Å². The lowest BCUT2D eigenvalue weighted by Gasteiger charge is -2.13. The van der Waals surface area contributed by atoms with Crippen LogP contribution in [0.2, 0.25) is 0 Å². The van der Waals surface area contributed by atoms with Crippen LogP contribution in [0, 0.1) is 6.92 Å². The van der Waals surface area contributed by atoms with E-state index >= 15 is 0 Å². The summed E-state index contributed by atoms with van der Waals surface area (Å²) in [6.07, 6.45) is 0. The molecule has 0 fully saturated rings. The second kappa shape index (κ2) is 5.14. The van der Waals surface area contributed by atoms with E-state index < -0.39 is 0 Å². The average Bonchev–Trinajstić information content (AvgIpc) is 2.96. The number of aliphatic imine (C=N–C) groups is 1. The summed E-state index contributed by atoms with van der Waals surface area (Å²) in [6.45, 7) is 3.51. The van der Waals surface area contributed by atoms with E-state index in [4.69, 9.17) is 4.74 Å². The smallest absolute Gasteiger partial charge is 0.218 e. The molecule has 0 saturated carbocycles. The van der Waals surface area contributed by atoms with Gasteiger partial charge in [-0.2, -0.15) is 0 Å². The fraction of sp³-hybridized carbons (Fsp3) is 0.188. The predicted molar refractivity (Wildman–Crippen MR) is 78.3 cm³/mol. The van der Waals surface area contributed by atoms with Gasteiger partial charge in [0, 0.05) is 5.69 Å². The molecule has 0 spiro atoms. The van der Waals surface area contributed by atoms with Gasteiger partial charge in [-0.05, 0) is 30.7 Å². The maximum atomic E-state index is 5.56. The van der Waals surface area contributed by atoms with Crippen molar-refractivity contribution < 1.29 is 4.74 Å². The van der Waals surface area contributed by atoms with Crippen molar-refractivity contribution in [2.24, 2.45) is 4.99 Å². The Morgan fingerprint density at radius 1 is 1.00 bits per heavy atom. The van der Waals surface area contributed by atoms with Crippen molar-refractivity contribution in [2.75, 3.05) is 18.5 Å². The normalized spacial score (nSPS) is 13.8. The van der Waals surface area contributed by atoms with Crippen LogP contribution >= 0.6 is 0 Å². The van der Waals surface area contributed by atoms with Gasteiger partial charge in [0.15, 0.2) is 0 Å². The van der Waals surface area contributed by atoms with E-state index in [2.05, 4.69) is 29.4 Å².